The standard InChI is InChI=1S/C32H44N2O6Se2/c1-39-31(37)27(23-25-15-7-3-8-16-25)33-29(35)19-11-5-13-21-41-42-22-14-6-12-20-30(36)34-28(32(38)40-2)24-26-17-9-4-10-18-26/h3-4,7-10,15-18,27-28H,5-6,11-14,19-24H2,1-2H3,(H,33,35)(H,34,36)/t27-,28-/m0/s1. The average Bonchev–Trinajstić information content (AvgIpc) is 3.01. The molecule has 0 aliphatic carbocycles. The van der Waals surface area contributed by atoms with Crippen LogP contribution in [0.15, 0.2) is 60.7 Å². The molecule has 8 nitrogen and oxygen atoms in total. The summed E-state index contributed by atoms with van der Waals surface area (Å²) in [5.74, 6) is -1.07. The Balaban J connectivity index is 1.48. The van der Waals surface area contributed by atoms with Crippen LogP contribution in [0, 0.1) is 0 Å². The van der Waals surface area contributed by atoms with E-state index in [0.717, 1.165) is 49.7 Å². The van der Waals surface area contributed by atoms with Crippen molar-refractivity contribution in [3.63, 3.8) is 0 Å². The SMILES string of the molecule is COC(=O)[C@H](Cc1ccccc1)NC(=O)CCCCC[Se][Se]CCCCCC(=O)N[C@@H](Cc1ccccc1)C(=O)OC. The van der Waals surface area contributed by atoms with Gasteiger partial charge in [0.05, 0.1) is 0 Å². The molecule has 0 aliphatic heterocycles. The van der Waals surface area contributed by atoms with Crippen molar-refractivity contribution in [1.82, 2.24) is 10.6 Å². The number of benzene rings is 2. The van der Waals surface area contributed by atoms with Crippen LogP contribution >= 0.6 is 0 Å². The topological polar surface area (TPSA) is 111 Å². The van der Waals surface area contributed by atoms with Crippen LogP contribution in [0.25, 0.3) is 0 Å². The van der Waals surface area contributed by atoms with Gasteiger partial charge in [-0.3, -0.25) is 0 Å². The number of unbranched alkanes of at least 4 members (excludes halogenated alkanes) is 4. The molecule has 10 heteroatoms. The fourth-order valence-electron chi connectivity index (χ4n) is 4.27. The van der Waals surface area contributed by atoms with Crippen LogP contribution in [0.4, 0.5) is 0 Å². The third-order valence-electron chi connectivity index (χ3n) is 6.55. The molecule has 0 saturated carbocycles. The molecule has 0 bridgehead atoms. The Bertz CT molecular complexity index is 986. The Morgan fingerprint density at radius 1 is 0.595 bits per heavy atom. The van der Waals surface area contributed by atoms with Crippen LogP contribution < -0.4 is 10.6 Å². The first-order valence-electron chi connectivity index (χ1n) is 14.5. The number of ether oxygens (including phenoxy) is 2. The second-order valence-electron chi connectivity index (χ2n) is 9.93. The van der Waals surface area contributed by atoms with Crippen molar-refractivity contribution < 1.29 is 28.7 Å². The molecule has 2 atom stereocenters. The first-order valence-corrected chi connectivity index (χ1v) is 21.2. The molecule has 0 saturated heterocycles. The molecule has 0 spiro atoms. The number of methoxy groups -OCH3 is 2. The summed E-state index contributed by atoms with van der Waals surface area (Å²) in [4.78, 5) is 49.0. The summed E-state index contributed by atoms with van der Waals surface area (Å²) in [5, 5.41) is 8.12. The summed E-state index contributed by atoms with van der Waals surface area (Å²) in [6.45, 7) is 0. The molecule has 2 N–H and O–H groups in total. The van der Waals surface area contributed by atoms with E-state index in [1.165, 1.54) is 24.9 Å². The normalized spacial score (nSPS) is 12.1. The molecule has 0 unspecified atom stereocenters. The molecule has 0 fully saturated rings. The third-order valence-corrected chi connectivity index (χ3v) is 14.3. The van der Waals surface area contributed by atoms with Gasteiger partial charge < -0.3 is 0 Å². The summed E-state index contributed by atoms with van der Waals surface area (Å²) in [7, 11) is 2.68. The van der Waals surface area contributed by atoms with Crippen LogP contribution in [0.2, 0.25) is 10.6 Å². The van der Waals surface area contributed by atoms with E-state index >= 15 is 0 Å². The number of esters is 2. The van der Waals surface area contributed by atoms with Gasteiger partial charge in [0.2, 0.25) is 0 Å². The van der Waals surface area contributed by atoms with Crippen molar-refractivity contribution in [3.05, 3.63) is 71.8 Å². The molecule has 42 heavy (non-hydrogen) atoms. The van der Waals surface area contributed by atoms with Crippen LogP contribution in [-0.4, -0.2) is 76.3 Å². The Morgan fingerprint density at radius 3 is 1.33 bits per heavy atom. The second kappa shape index (κ2) is 22.0. The zero-order chi connectivity index (χ0) is 30.4. The predicted molar refractivity (Wildman–Crippen MR) is 166 cm³/mol. The molecule has 2 aromatic rings. The summed E-state index contributed by atoms with van der Waals surface area (Å²) in [6.07, 6.45) is 7.59. The van der Waals surface area contributed by atoms with Gasteiger partial charge in [0, 0.05) is 0 Å². The second-order valence-corrected chi connectivity index (χ2v) is 17.8. The van der Waals surface area contributed by atoms with Crippen LogP contribution in [-0.2, 0) is 41.5 Å². The number of rotatable bonds is 21. The van der Waals surface area contributed by atoms with Gasteiger partial charge >= 0.3 is 250 Å². The molecular weight excluding hydrogens is 666 g/mol. The fourth-order valence-corrected chi connectivity index (χ4v) is 11.3. The molecule has 0 radical (unpaired) electrons. The zero-order valence-electron chi connectivity index (χ0n) is 24.7. The van der Waals surface area contributed by atoms with Crippen molar-refractivity contribution in [1.29, 1.82) is 0 Å². The van der Waals surface area contributed by atoms with Gasteiger partial charge in [-0.05, 0) is 0 Å². The monoisotopic (exact) mass is 712 g/mol. The number of hydrogen-bond donors (Lipinski definition) is 2. The molecule has 0 aliphatic rings. The molecule has 230 valence electrons. The molecular formula is C32H44N2O6Se2. The summed E-state index contributed by atoms with van der Waals surface area (Å²) >= 11 is 1.31. The van der Waals surface area contributed by atoms with Crippen molar-refractivity contribution in [2.24, 2.45) is 0 Å². The fraction of sp³-hybridized carbons (Fsp3) is 0.500. The number of carbonyl (C=O) groups is 4. The molecule has 2 aromatic carbocycles. The van der Waals surface area contributed by atoms with Gasteiger partial charge in [0.1, 0.15) is 0 Å². The summed E-state index contributed by atoms with van der Waals surface area (Å²) in [5.41, 5.74) is 1.96. The first-order chi connectivity index (χ1) is 20.4. The average molecular weight is 711 g/mol. The van der Waals surface area contributed by atoms with Gasteiger partial charge in [-0.25, -0.2) is 0 Å². The van der Waals surface area contributed by atoms with E-state index in [-0.39, 0.29) is 11.8 Å². The van der Waals surface area contributed by atoms with Crippen molar-refractivity contribution in [3.8, 4) is 0 Å². The third kappa shape index (κ3) is 15.5. The van der Waals surface area contributed by atoms with E-state index in [0.29, 0.717) is 51.9 Å². The van der Waals surface area contributed by atoms with Gasteiger partial charge in [0.15, 0.2) is 0 Å². The number of amides is 2. The number of hydrogen-bond acceptors (Lipinski definition) is 6. The van der Waals surface area contributed by atoms with E-state index in [4.69, 9.17) is 9.47 Å². The van der Waals surface area contributed by atoms with Gasteiger partial charge in [-0.2, -0.15) is 0 Å². The Labute approximate surface area is 261 Å². The van der Waals surface area contributed by atoms with Gasteiger partial charge in [-0.1, -0.05) is 12.1 Å². The molecule has 2 amide bonds. The van der Waals surface area contributed by atoms with E-state index in [1.54, 1.807) is 0 Å². The zero-order valence-corrected chi connectivity index (χ0v) is 28.1. The van der Waals surface area contributed by atoms with E-state index < -0.39 is 24.0 Å². The van der Waals surface area contributed by atoms with Crippen LogP contribution in [0.3, 0.4) is 0 Å². The Hall–Kier alpha value is -2.64. The van der Waals surface area contributed by atoms with Crippen molar-refractivity contribution >= 4 is 50.0 Å². The summed E-state index contributed by atoms with van der Waals surface area (Å²) < 4.78 is 9.74. The maximum atomic E-state index is 12.4. The van der Waals surface area contributed by atoms with Crippen molar-refractivity contribution in [2.45, 2.75) is 86.9 Å². The van der Waals surface area contributed by atoms with Gasteiger partial charge in [0.25, 0.3) is 0 Å². The molecule has 0 heterocycles. The maximum absolute atomic E-state index is 12.4. The van der Waals surface area contributed by atoms with Crippen LogP contribution in [0.5, 0.6) is 0 Å². The van der Waals surface area contributed by atoms with Crippen LogP contribution in [0.1, 0.15) is 62.5 Å². The van der Waals surface area contributed by atoms with Crippen molar-refractivity contribution in [2.75, 3.05) is 14.2 Å². The van der Waals surface area contributed by atoms with E-state index in [1.807, 2.05) is 60.7 Å². The predicted octanol–water partition coefficient (Wildman–Crippen LogP) is 4.07. The van der Waals surface area contributed by atoms with E-state index in [2.05, 4.69) is 10.6 Å². The Morgan fingerprint density at radius 2 is 0.976 bits per heavy atom. The number of carbonyl (C=O) groups excluding carboxylic acids is 4. The quantitative estimate of drug-likeness (QED) is 0.115. The van der Waals surface area contributed by atoms with E-state index in [9.17, 15) is 19.2 Å². The minimum absolute atomic E-state index is 0.109. The Kier molecular flexibility index (Phi) is 18.6. The van der Waals surface area contributed by atoms with Gasteiger partial charge in [-0.15, -0.1) is 0 Å². The number of nitrogens with one attached hydrogen (secondary N) is 2. The minimum atomic E-state index is -0.665. The first kappa shape index (κ1) is 35.6. The molecule has 2 rings (SSSR count). The summed E-state index contributed by atoms with van der Waals surface area (Å²) in [6, 6.07) is 17.9. The molecule has 0 aromatic heterocycles.